The van der Waals surface area contributed by atoms with Gasteiger partial charge in [-0.1, -0.05) is 6.07 Å². The molecule has 4 heterocycles. The standard InChI is InChI=1S/C15H18N4OS/c16-14-13(9-2-1-5-17-8-9)15(21-18-14)19-10-3-4-11(19)7-12(20)6-10/h1-2,5,8,10-12,20H,3-4,6-7H2,(H2,16,18). The molecule has 110 valence electrons. The van der Waals surface area contributed by atoms with Crippen LogP contribution in [0, 0.1) is 0 Å². The summed E-state index contributed by atoms with van der Waals surface area (Å²) in [5.41, 5.74) is 8.13. The van der Waals surface area contributed by atoms with Crippen LogP contribution in [0.2, 0.25) is 0 Å². The van der Waals surface area contributed by atoms with Crippen molar-refractivity contribution in [2.24, 2.45) is 0 Å². The number of fused-ring (bicyclic) bond motifs is 2. The minimum Gasteiger partial charge on any atom is -0.393 e. The summed E-state index contributed by atoms with van der Waals surface area (Å²) in [6.07, 6.45) is 7.43. The summed E-state index contributed by atoms with van der Waals surface area (Å²) in [6, 6.07) is 4.77. The molecule has 2 aromatic rings. The second-order valence-corrected chi connectivity index (χ2v) is 6.66. The van der Waals surface area contributed by atoms with Gasteiger partial charge in [0.25, 0.3) is 0 Å². The molecule has 0 spiro atoms. The van der Waals surface area contributed by atoms with Crippen molar-refractivity contribution < 1.29 is 5.11 Å². The zero-order chi connectivity index (χ0) is 14.4. The summed E-state index contributed by atoms with van der Waals surface area (Å²) in [5, 5.41) is 11.1. The summed E-state index contributed by atoms with van der Waals surface area (Å²) < 4.78 is 4.37. The van der Waals surface area contributed by atoms with Crippen LogP contribution in [0.5, 0.6) is 0 Å². The van der Waals surface area contributed by atoms with E-state index in [0.717, 1.165) is 41.8 Å². The second kappa shape index (κ2) is 4.96. The van der Waals surface area contributed by atoms with Gasteiger partial charge in [-0.15, -0.1) is 0 Å². The fraction of sp³-hybridized carbons (Fsp3) is 0.467. The van der Waals surface area contributed by atoms with Crippen LogP contribution in [0.25, 0.3) is 11.1 Å². The molecule has 5 nitrogen and oxygen atoms in total. The molecule has 4 rings (SSSR count). The van der Waals surface area contributed by atoms with Gasteiger partial charge in [-0.2, -0.15) is 4.37 Å². The molecular weight excluding hydrogens is 284 g/mol. The Morgan fingerprint density at radius 2 is 2.05 bits per heavy atom. The molecule has 2 aliphatic heterocycles. The lowest BCUT2D eigenvalue weighted by atomic mass is 9.99. The average Bonchev–Trinajstić information content (AvgIpc) is 2.98. The van der Waals surface area contributed by atoms with Crippen LogP contribution in [-0.4, -0.2) is 32.7 Å². The first-order valence-electron chi connectivity index (χ1n) is 7.36. The Morgan fingerprint density at radius 1 is 1.29 bits per heavy atom. The van der Waals surface area contributed by atoms with Gasteiger partial charge in [0.05, 0.1) is 11.7 Å². The highest BCUT2D eigenvalue weighted by atomic mass is 32.1. The smallest absolute Gasteiger partial charge is 0.147 e. The number of hydrogen-bond donors (Lipinski definition) is 2. The van der Waals surface area contributed by atoms with Crippen molar-refractivity contribution in [3.8, 4) is 11.1 Å². The van der Waals surface area contributed by atoms with Crippen molar-refractivity contribution in [3.05, 3.63) is 24.5 Å². The van der Waals surface area contributed by atoms with Gasteiger partial charge >= 0.3 is 0 Å². The van der Waals surface area contributed by atoms with E-state index in [2.05, 4.69) is 14.3 Å². The van der Waals surface area contributed by atoms with Crippen LogP contribution in [0.3, 0.4) is 0 Å². The first-order valence-corrected chi connectivity index (χ1v) is 8.13. The molecule has 2 unspecified atom stereocenters. The Balaban J connectivity index is 1.77. The van der Waals surface area contributed by atoms with Gasteiger partial charge in [0.1, 0.15) is 10.8 Å². The number of hydrogen-bond acceptors (Lipinski definition) is 6. The Morgan fingerprint density at radius 3 is 2.71 bits per heavy atom. The molecule has 6 heteroatoms. The number of aromatic nitrogens is 2. The zero-order valence-electron chi connectivity index (χ0n) is 11.6. The first kappa shape index (κ1) is 13.0. The van der Waals surface area contributed by atoms with Crippen molar-refractivity contribution in [1.82, 2.24) is 9.36 Å². The second-order valence-electron chi connectivity index (χ2n) is 5.91. The van der Waals surface area contributed by atoms with E-state index in [-0.39, 0.29) is 6.10 Å². The number of rotatable bonds is 2. The highest BCUT2D eigenvalue weighted by molar-refractivity contribution is 7.11. The number of nitrogens with two attached hydrogens (primary N) is 1. The number of pyridine rings is 1. The number of aliphatic hydroxyl groups excluding tert-OH is 1. The number of nitrogen functional groups attached to an aromatic ring is 1. The summed E-state index contributed by atoms with van der Waals surface area (Å²) in [7, 11) is 0. The van der Waals surface area contributed by atoms with E-state index < -0.39 is 0 Å². The van der Waals surface area contributed by atoms with E-state index in [9.17, 15) is 5.11 Å². The zero-order valence-corrected chi connectivity index (χ0v) is 12.5. The van der Waals surface area contributed by atoms with Gasteiger partial charge in [-0.3, -0.25) is 4.98 Å². The lowest BCUT2D eigenvalue weighted by Crippen LogP contribution is -2.44. The molecule has 3 N–H and O–H groups in total. The molecule has 0 radical (unpaired) electrons. The molecule has 2 aromatic heterocycles. The minimum atomic E-state index is -0.161. The van der Waals surface area contributed by atoms with Crippen LogP contribution >= 0.6 is 11.5 Å². The van der Waals surface area contributed by atoms with Crippen molar-refractivity contribution in [3.63, 3.8) is 0 Å². The normalized spacial score (nSPS) is 28.0. The monoisotopic (exact) mass is 302 g/mol. The largest absolute Gasteiger partial charge is 0.393 e. The van der Waals surface area contributed by atoms with Gasteiger partial charge in [-0.05, 0) is 43.3 Å². The van der Waals surface area contributed by atoms with Crippen LogP contribution in [0.15, 0.2) is 24.5 Å². The molecule has 2 aliphatic rings. The van der Waals surface area contributed by atoms with Gasteiger partial charge in [-0.25, -0.2) is 0 Å². The van der Waals surface area contributed by atoms with E-state index in [1.54, 1.807) is 6.20 Å². The predicted octanol–water partition coefficient (Wildman–Crippen LogP) is 2.28. The first-order chi connectivity index (χ1) is 10.2. The Hall–Kier alpha value is -1.66. The van der Waals surface area contributed by atoms with Crippen LogP contribution in [0.1, 0.15) is 25.7 Å². The molecule has 0 aromatic carbocycles. The van der Waals surface area contributed by atoms with E-state index in [1.165, 1.54) is 11.5 Å². The minimum absolute atomic E-state index is 0.161. The molecule has 2 atom stereocenters. The number of aliphatic hydroxyl groups is 1. The Bertz CT molecular complexity index is 630. The van der Waals surface area contributed by atoms with Gasteiger partial charge in [0.15, 0.2) is 0 Å². The van der Waals surface area contributed by atoms with Crippen molar-refractivity contribution in [2.75, 3.05) is 10.6 Å². The van der Waals surface area contributed by atoms with E-state index in [0.29, 0.717) is 17.9 Å². The summed E-state index contributed by atoms with van der Waals surface area (Å²) in [6.45, 7) is 0. The predicted molar refractivity (Wildman–Crippen MR) is 84.3 cm³/mol. The van der Waals surface area contributed by atoms with Crippen LogP contribution < -0.4 is 10.6 Å². The molecule has 0 amide bonds. The molecule has 21 heavy (non-hydrogen) atoms. The summed E-state index contributed by atoms with van der Waals surface area (Å²) >= 11 is 1.47. The Labute approximate surface area is 127 Å². The number of nitrogens with zero attached hydrogens (tertiary/aromatic N) is 3. The quantitative estimate of drug-likeness (QED) is 0.890. The fourth-order valence-corrected chi connectivity index (χ4v) is 4.71. The highest BCUT2D eigenvalue weighted by Crippen LogP contribution is 2.47. The van der Waals surface area contributed by atoms with Gasteiger partial charge in [0, 0.05) is 30.0 Å². The molecule has 2 fully saturated rings. The number of piperidine rings is 1. The lowest BCUT2D eigenvalue weighted by Gasteiger charge is -2.38. The maximum absolute atomic E-state index is 9.97. The lowest BCUT2D eigenvalue weighted by molar-refractivity contribution is 0.126. The SMILES string of the molecule is Nc1nsc(N2C3CCC2CC(O)C3)c1-c1cccnc1. The van der Waals surface area contributed by atoms with Crippen LogP contribution in [0.4, 0.5) is 10.8 Å². The molecule has 0 saturated carbocycles. The van der Waals surface area contributed by atoms with Crippen molar-refractivity contribution >= 4 is 22.4 Å². The average molecular weight is 302 g/mol. The van der Waals surface area contributed by atoms with Gasteiger partial charge < -0.3 is 15.7 Å². The topological polar surface area (TPSA) is 75.3 Å². The highest BCUT2D eigenvalue weighted by Gasteiger charge is 2.42. The third-order valence-electron chi connectivity index (χ3n) is 4.59. The van der Waals surface area contributed by atoms with Gasteiger partial charge in [0.2, 0.25) is 0 Å². The summed E-state index contributed by atoms with van der Waals surface area (Å²) in [5.74, 6) is 0.577. The fourth-order valence-electron chi connectivity index (χ4n) is 3.73. The van der Waals surface area contributed by atoms with Crippen molar-refractivity contribution in [2.45, 2.75) is 43.9 Å². The molecule has 2 bridgehead atoms. The number of anilines is 2. The summed E-state index contributed by atoms with van der Waals surface area (Å²) in [4.78, 5) is 6.64. The third kappa shape index (κ3) is 2.10. The maximum Gasteiger partial charge on any atom is 0.147 e. The van der Waals surface area contributed by atoms with Crippen LogP contribution in [-0.2, 0) is 0 Å². The van der Waals surface area contributed by atoms with E-state index >= 15 is 0 Å². The van der Waals surface area contributed by atoms with E-state index in [1.807, 2.05) is 18.3 Å². The molecular formula is C15H18N4OS. The molecule has 0 aliphatic carbocycles. The van der Waals surface area contributed by atoms with E-state index in [4.69, 9.17) is 5.73 Å². The van der Waals surface area contributed by atoms with Crippen molar-refractivity contribution in [1.29, 1.82) is 0 Å². The molecule has 2 saturated heterocycles. The third-order valence-corrected chi connectivity index (χ3v) is 5.47. The maximum atomic E-state index is 9.97. The Kier molecular flexibility index (Phi) is 3.08.